The van der Waals surface area contributed by atoms with E-state index in [1.165, 1.54) is 25.0 Å². The van der Waals surface area contributed by atoms with E-state index >= 15 is 0 Å². The minimum absolute atomic E-state index is 0.211. The van der Waals surface area contributed by atoms with Crippen molar-refractivity contribution in [3.05, 3.63) is 35.4 Å². The number of carboxylic acids is 1. The van der Waals surface area contributed by atoms with Gasteiger partial charge in [-0.3, -0.25) is 0 Å². The summed E-state index contributed by atoms with van der Waals surface area (Å²) in [4.78, 5) is 10.8. The topological polar surface area (TPSA) is 69.6 Å². The number of carbonyl (C=O) groups is 1. The van der Waals surface area contributed by atoms with Crippen molar-refractivity contribution in [1.29, 1.82) is 0 Å². The smallest absolute Gasteiger partial charge is 0.335 e. The Morgan fingerprint density at radius 3 is 2.88 bits per heavy atom. The highest BCUT2D eigenvalue weighted by Crippen LogP contribution is 2.20. The van der Waals surface area contributed by atoms with Crippen LogP contribution in [0.1, 0.15) is 34.9 Å². The summed E-state index contributed by atoms with van der Waals surface area (Å²) in [5, 5.41) is 21.9. The molecule has 1 aromatic carbocycles. The van der Waals surface area contributed by atoms with Gasteiger partial charge in [-0.2, -0.15) is 0 Å². The maximum absolute atomic E-state index is 10.8. The Bertz CT molecular complexity index is 388. The lowest BCUT2D eigenvalue weighted by atomic mass is 10.1. The first-order valence-electron chi connectivity index (χ1n) is 5.41. The zero-order valence-electron chi connectivity index (χ0n) is 8.89. The van der Waals surface area contributed by atoms with Gasteiger partial charge in [0.05, 0.1) is 11.7 Å². The Morgan fingerprint density at radius 2 is 2.25 bits per heavy atom. The third-order valence-corrected chi connectivity index (χ3v) is 2.70. The van der Waals surface area contributed by atoms with Gasteiger partial charge in [0.25, 0.3) is 0 Å². The van der Waals surface area contributed by atoms with Gasteiger partial charge in [0.1, 0.15) is 0 Å². The van der Waals surface area contributed by atoms with Gasteiger partial charge in [-0.15, -0.1) is 0 Å². The molecule has 1 aliphatic rings. The van der Waals surface area contributed by atoms with E-state index in [4.69, 9.17) is 5.11 Å². The van der Waals surface area contributed by atoms with Crippen LogP contribution in [0.5, 0.6) is 0 Å². The van der Waals surface area contributed by atoms with Crippen LogP contribution in [0.2, 0.25) is 0 Å². The lowest BCUT2D eigenvalue weighted by Gasteiger charge is -2.12. The Hall–Kier alpha value is -1.39. The molecule has 3 N–H and O–H groups in total. The van der Waals surface area contributed by atoms with Crippen molar-refractivity contribution in [2.24, 2.45) is 0 Å². The van der Waals surface area contributed by atoms with E-state index in [2.05, 4.69) is 5.32 Å². The van der Waals surface area contributed by atoms with Gasteiger partial charge in [-0.1, -0.05) is 12.1 Å². The van der Waals surface area contributed by atoms with Crippen molar-refractivity contribution in [1.82, 2.24) is 5.32 Å². The van der Waals surface area contributed by atoms with Crippen molar-refractivity contribution < 1.29 is 15.0 Å². The van der Waals surface area contributed by atoms with Crippen molar-refractivity contribution in [2.45, 2.75) is 25.0 Å². The van der Waals surface area contributed by atoms with Crippen LogP contribution in [0.4, 0.5) is 0 Å². The number of aromatic carboxylic acids is 1. The van der Waals surface area contributed by atoms with Crippen LogP contribution in [0.25, 0.3) is 0 Å². The summed E-state index contributed by atoms with van der Waals surface area (Å²) >= 11 is 0. The molecule has 0 spiro atoms. The number of benzene rings is 1. The molecule has 86 valence electrons. The summed E-state index contributed by atoms with van der Waals surface area (Å²) < 4.78 is 0. The fourth-order valence-electron chi connectivity index (χ4n) is 1.56. The van der Waals surface area contributed by atoms with Crippen LogP contribution >= 0.6 is 0 Å². The zero-order valence-corrected chi connectivity index (χ0v) is 8.89. The molecule has 0 amide bonds. The third kappa shape index (κ3) is 2.81. The summed E-state index contributed by atoms with van der Waals surface area (Å²) in [7, 11) is 0. The van der Waals surface area contributed by atoms with Gasteiger partial charge in [0.15, 0.2) is 0 Å². The first-order chi connectivity index (χ1) is 7.66. The maximum Gasteiger partial charge on any atom is 0.335 e. The lowest BCUT2D eigenvalue weighted by Crippen LogP contribution is -2.23. The molecule has 0 heterocycles. The highest BCUT2D eigenvalue weighted by molar-refractivity contribution is 5.87. The van der Waals surface area contributed by atoms with E-state index in [1.807, 2.05) is 0 Å². The quantitative estimate of drug-likeness (QED) is 0.698. The van der Waals surface area contributed by atoms with Crippen LogP contribution in [0, 0.1) is 0 Å². The molecule has 1 saturated carbocycles. The fraction of sp³-hybridized carbons (Fsp3) is 0.417. The van der Waals surface area contributed by atoms with Gasteiger partial charge in [-0.25, -0.2) is 4.79 Å². The van der Waals surface area contributed by atoms with Gasteiger partial charge < -0.3 is 15.5 Å². The number of aliphatic hydroxyl groups excluding tert-OH is 1. The summed E-state index contributed by atoms with van der Waals surface area (Å²) in [6.45, 7) is 0.480. The van der Waals surface area contributed by atoms with E-state index in [-0.39, 0.29) is 5.56 Å². The maximum atomic E-state index is 10.8. The molecule has 0 aromatic heterocycles. The van der Waals surface area contributed by atoms with E-state index in [1.54, 1.807) is 12.1 Å². The summed E-state index contributed by atoms with van der Waals surface area (Å²) in [6.07, 6.45) is 1.70. The lowest BCUT2D eigenvalue weighted by molar-refractivity contribution is 0.0696. The number of nitrogens with one attached hydrogen (secondary N) is 1. The van der Waals surface area contributed by atoms with Crippen LogP contribution in [-0.2, 0) is 0 Å². The molecule has 1 aromatic rings. The number of rotatable bonds is 5. The van der Waals surface area contributed by atoms with E-state index in [0.717, 1.165) is 0 Å². The monoisotopic (exact) mass is 221 g/mol. The molecule has 1 unspecified atom stereocenters. The molecule has 16 heavy (non-hydrogen) atoms. The average Bonchev–Trinajstić information content (AvgIpc) is 3.10. The SMILES string of the molecule is O=C(O)c1cccc(C(O)CNC2CC2)c1. The first kappa shape index (κ1) is 11.1. The van der Waals surface area contributed by atoms with Gasteiger partial charge in [0.2, 0.25) is 0 Å². The molecule has 0 saturated heterocycles. The number of hydrogen-bond donors (Lipinski definition) is 3. The van der Waals surface area contributed by atoms with Crippen molar-refractivity contribution in [3.63, 3.8) is 0 Å². The van der Waals surface area contributed by atoms with Gasteiger partial charge >= 0.3 is 5.97 Å². The van der Waals surface area contributed by atoms with Gasteiger partial charge in [0, 0.05) is 12.6 Å². The minimum atomic E-state index is -0.968. The van der Waals surface area contributed by atoms with E-state index < -0.39 is 12.1 Å². The molecule has 0 aliphatic heterocycles. The first-order valence-corrected chi connectivity index (χ1v) is 5.41. The molecule has 1 atom stereocenters. The van der Waals surface area contributed by atoms with Crippen molar-refractivity contribution >= 4 is 5.97 Å². The van der Waals surface area contributed by atoms with Crippen LogP contribution < -0.4 is 5.32 Å². The normalized spacial score (nSPS) is 17.1. The molecule has 2 rings (SSSR count). The second kappa shape index (κ2) is 4.63. The standard InChI is InChI=1S/C12H15NO3/c14-11(7-13-10-4-5-10)8-2-1-3-9(6-8)12(15)16/h1-3,6,10-11,13-14H,4-5,7H2,(H,15,16). The minimum Gasteiger partial charge on any atom is -0.478 e. The Labute approximate surface area is 93.9 Å². The molecular formula is C12H15NO3. The Kier molecular flexibility index (Phi) is 3.22. The Balaban J connectivity index is 2.00. The fourth-order valence-corrected chi connectivity index (χ4v) is 1.56. The van der Waals surface area contributed by atoms with Crippen LogP contribution in [0.15, 0.2) is 24.3 Å². The van der Waals surface area contributed by atoms with Gasteiger partial charge in [-0.05, 0) is 30.5 Å². The molecule has 1 aliphatic carbocycles. The molecule has 4 nitrogen and oxygen atoms in total. The Morgan fingerprint density at radius 1 is 1.50 bits per heavy atom. The van der Waals surface area contributed by atoms with E-state index in [9.17, 15) is 9.90 Å². The third-order valence-electron chi connectivity index (χ3n) is 2.70. The van der Waals surface area contributed by atoms with Crippen LogP contribution in [0.3, 0.4) is 0 Å². The number of carboxylic acid groups (broad SMARTS) is 1. The predicted molar refractivity (Wildman–Crippen MR) is 59.4 cm³/mol. The zero-order chi connectivity index (χ0) is 11.5. The summed E-state index contributed by atoms with van der Waals surface area (Å²) in [5.41, 5.74) is 0.857. The average molecular weight is 221 g/mol. The van der Waals surface area contributed by atoms with Crippen LogP contribution in [-0.4, -0.2) is 28.8 Å². The molecular weight excluding hydrogens is 206 g/mol. The second-order valence-corrected chi connectivity index (χ2v) is 4.13. The largest absolute Gasteiger partial charge is 0.478 e. The molecule has 1 fully saturated rings. The summed E-state index contributed by atoms with van der Waals surface area (Å²) in [6, 6.07) is 6.97. The molecule has 4 heteroatoms. The molecule has 0 radical (unpaired) electrons. The van der Waals surface area contributed by atoms with E-state index in [0.29, 0.717) is 18.2 Å². The van der Waals surface area contributed by atoms with Crippen molar-refractivity contribution in [3.8, 4) is 0 Å². The summed E-state index contributed by atoms with van der Waals surface area (Å²) in [5.74, 6) is -0.968. The predicted octanol–water partition coefficient (Wildman–Crippen LogP) is 1.17. The highest BCUT2D eigenvalue weighted by Gasteiger charge is 2.21. The molecule has 0 bridgehead atoms. The number of hydrogen-bond acceptors (Lipinski definition) is 3. The highest BCUT2D eigenvalue weighted by atomic mass is 16.4. The number of aliphatic hydroxyl groups is 1. The second-order valence-electron chi connectivity index (χ2n) is 4.13. The van der Waals surface area contributed by atoms with Crippen molar-refractivity contribution in [2.75, 3.05) is 6.54 Å².